The van der Waals surface area contributed by atoms with Crippen molar-refractivity contribution in [2.45, 2.75) is 30.5 Å². The summed E-state index contributed by atoms with van der Waals surface area (Å²) in [5.74, 6) is -0.154. The lowest BCUT2D eigenvalue weighted by Gasteiger charge is -2.30. The first-order valence-electron chi connectivity index (χ1n) is 13.2. The minimum atomic E-state index is -2.05. The number of hydrogen-bond acceptors (Lipinski definition) is 12. The highest BCUT2D eigenvalue weighted by atomic mass is 35.5. The van der Waals surface area contributed by atoms with Crippen LogP contribution >= 0.6 is 34.8 Å². The van der Waals surface area contributed by atoms with E-state index in [4.69, 9.17) is 53.8 Å². The van der Waals surface area contributed by atoms with Crippen molar-refractivity contribution in [2.24, 2.45) is 5.29 Å². The van der Waals surface area contributed by atoms with E-state index >= 15 is 0 Å². The minimum Gasteiger partial charge on any atom is -0.459 e. The smallest absolute Gasteiger partial charge is 0.342 e. The van der Waals surface area contributed by atoms with Crippen LogP contribution in [0.2, 0.25) is 0 Å². The molecule has 2 aliphatic rings. The van der Waals surface area contributed by atoms with E-state index in [-0.39, 0.29) is 23.7 Å². The van der Waals surface area contributed by atoms with Gasteiger partial charge in [0.25, 0.3) is 5.69 Å². The molecule has 238 valence electrons. The van der Waals surface area contributed by atoms with Gasteiger partial charge in [0.1, 0.15) is 18.8 Å². The summed E-state index contributed by atoms with van der Waals surface area (Å²) >= 11 is 17.5. The number of nitrogens with one attached hydrogen (secondary N) is 1. The molecule has 0 spiro atoms. The van der Waals surface area contributed by atoms with Gasteiger partial charge in [0.05, 0.1) is 22.3 Å². The van der Waals surface area contributed by atoms with E-state index in [9.17, 15) is 29.7 Å². The van der Waals surface area contributed by atoms with Crippen LogP contribution in [0.4, 0.5) is 16.2 Å². The first kappa shape index (κ1) is 33.6. The summed E-state index contributed by atoms with van der Waals surface area (Å²) in [4.78, 5) is 49.1. The molecule has 0 aromatic heterocycles. The molecule has 2 saturated heterocycles. The number of nitro benzene ring substituents is 1. The quantitative estimate of drug-likeness (QED) is 0.0982. The fourth-order valence-corrected chi connectivity index (χ4v) is 5.28. The molecular weight excluding hydrogens is 649 g/mol. The molecule has 2 fully saturated rings. The monoisotopic (exact) mass is 675 g/mol. The number of aliphatic hydroxyl groups excluding tert-OH is 1. The van der Waals surface area contributed by atoms with Crippen LogP contribution in [-0.4, -0.2) is 95.1 Å². The van der Waals surface area contributed by atoms with Gasteiger partial charge in [-0.1, -0.05) is 12.1 Å². The van der Waals surface area contributed by atoms with Gasteiger partial charge in [-0.05, 0) is 24.3 Å². The van der Waals surface area contributed by atoms with Crippen molar-refractivity contribution in [2.75, 3.05) is 48.8 Å². The van der Waals surface area contributed by atoms with Crippen molar-refractivity contribution in [3.63, 3.8) is 0 Å². The van der Waals surface area contributed by atoms with Crippen LogP contribution < -0.4 is 10.2 Å². The number of esters is 1. The Morgan fingerprint density at radius 1 is 1.02 bits per heavy atom. The summed E-state index contributed by atoms with van der Waals surface area (Å²) in [6, 6.07) is 10.7. The number of carbonyl (C=O) groups excluding carboxylic acids is 2. The molecule has 4 rings (SSSR count). The molecule has 2 amide bonds. The summed E-state index contributed by atoms with van der Waals surface area (Å²) in [5.41, 5.74) is -0.887. The number of halogens is 3. The lowest BCUT2D eigenvalue weighted by molar-refractivity contribution is -0.384. The topological polar surface area (TPSA) is 182 Å². The number of nitrogens with zero attached hydrogens (tertiary/aromatic N) is 4. The van der Waals surface area contributed by atoms with Gasteiger partial charge in [0.2, 0.25) is 12.0 Å². The minimum absolute atomic E-state index is 0.0291. The van der Waals surface area contributed by atoms with E-state index in [1.807, 2.05) is 4.90 Å². The largest absolute Gasteiger partial charge is 0.459 e. The van der Waals surface area contributed by atoms with Gasteiger partial charge < -0.3 is 34.3 Å². The van der Waals surface area contributed by atoms with Gasteiger partial charge >= 0.3 is 12.0 Å². The van der Waals surface area contributed by atoms with E-state index in [0.717, 1.165) is 17.8 Å². The Labute approximate surface area is 265 Å². The summed E-state index contributed by atoms with van der Waals surface area (Å²) < 4.78 is 23.1. The SMILES string of the molecule is O=NN(CCCl)C(=O)N[C@@]12OC(c3ccc(N(CCCl)CCCl)cc3)O[C@@H]1[C@@H](COC(=O)c1ccc([N+](=O)[O-])cc1)OC2O. The summed E-state index contributed by atoms with van der Waals surface area (Å²) in [6.07, 6.45) is -5.38. The Hall–Kier alpha value is -3.31. The molecule has 18 heteroatoms. The number of aliphatic hydroxyl groups is 1. The molecule has 0 bridgehead atoms. The highest BCUT2D eigenvalue weighted by Gasteiger charge is 2.66. The van der Waals surface area contributed by atoms with Crippen LogP contribution in [0.15, 0.2) is 53.8 Å². The first-order valence-corrected chi connectivity index (χ1v) is 14.8. The number of hydrogen-bond donors (Lipinski definition) is 2. The van der Waals surface area contributed by atoms with Crippen LogP contribution in [0.3, 0.4) is 0 Å². The molecule has 0 saturated carbocycles. The van der Waals surface area contributed by atoms with E-state index in [0.29, 0.717) is 35.4 Å². The van der Waals surface area contributed by atoms with Crippen molar-refractivity contribution < 1.29 is 38.6 Å². The number of anilines is 1. The summed E-state index contributed by atoms with van der Waals surface area (Å²) in [5, 5.41) is 27.5. The second-order valence-electron chi connectivity index (χ2n) is 9.51. The van der Waals surface area contributed by atoms with Gasteiger partial charge in [-0.25, -0.2) is 9.59 Å². The number of nitro groups is 1. The van der Waals surface area contributed by atoms with Crippen LogP contribution in [0.5, 0.6) is 0 Å². The lowest BCUT2D eigenvalue weighted by atomic mass is 10.1. The number of nitroso groups, excluding NO2 is 1. The van der Waals surface area contributed by atoms with Gasteiger partial charge in [0, 0.05) is 54.1 Å². The third-order valence-electron chi connectivity index (χ3n) is 6.87. The molecule has 44 heavy (non-hydrogen) atoms. The zero-order valence-electron chi connectivity index (χ0n) is 22.9. The maximum absolute atomic E-state index is 12.9. The zero-order valence-corrected chi connectivity index (χ0v) is 25.2. The van der Waals surface area contributed by atoms with Crippen molar-refractivity contribution in [3.8, 4) is 0 Å². The maximum Gasteiger partial charge on any atom is 0.342 e. The van der Waals surface area contributed by atoms with Gasteiger partial charge in [-0.15, -0.1) is 39.7 Å². The van der Waals surface area contributed by atoms with Crippen LogP contribution in [0.25, 0.3) is 0 Å². The number of carbonyl (C=O) groups is 2. The third kappa shape index (κ3) is 7.31. The fraction of sp³-hybridized carbons (Fsp3) is 0.462. The highest BCUT2D eigenvalue weighted by molar-refractivity contribution is 6.18. The molecule has 2 heterocycles. The zero-order chi connectivity index (χ0) is 31.9. The van der Waals surface area contributed by atoms with Crippen molar-refractivity contribution >= 4 is 58.2 Å². The molecule has 2 aromatic rings. The number of ether oxygens (including phenoxy) is 4. The summed E-state index contributed by atoms with van der Waals surface area (Å²) in [7, 11) is 0. The van der Waals surface area contributed by atoms with Crippen molar-refractivity contribution in [3.05, 3.63) is 74.7 Å². The molecule has 2 N–H and O–H groups in total. The van der Waals surface area contributed by atoms with Crippen LogP contribution in [-0.2, 0) is 18.9 Å². The Kier molecular flexibility index (Phi) is 11.5. The number of amides is 2. The highest BCUT2D eigenvalue weighted by Crippen LogP contribution is 2.46. The molecular formula is C26H28Cl3N5O10. The normalized spacial score (nSPS) is 23.9. The Balaban J connectivity index is 1.55. The number of alkyl halides is 3. The molecule has 5 atom stereocenters. The average Bonchev–Trinajstić information content (AvgIpc) is 3.52. The molecule has 2 unspecified atom stereocenters. The fourth-order valence-electron chi connectivity index (χ4n) is 4.71. The number of fused-ring (bicyclic) bond motifs is 1. The van der Waals surface area contributed by atoms with E-state index in [2.05, 4.69) is 10.6 Å². The van der Waals surface area contributed by atoms with Gasteiger partial charge in [-0.3, -0.25) is 10.1 Å². The second kappa shape index (κ2) is 15.1. The molecule has 15 nitrogen and oxygen atoms in total. The molecule has 2 aliphatic heterocycles. The Morgan fingerprint density at radius 2 is 1.66 bits per heavy atom. The second-order valence-corrected chi connectivity index (χ2v) is 10.6. The Bertz CT molecular complexity index is 1320. The first-order chi connectivity index (χ1) is 21.2. The van der Waals surface area contributed by atoms with E-state index in [1.165, 1.54) is 12.1 Å². The third-order valence-corrected chi connectivity index (χ3v) is 7.37. The van der Waals surface area contributed by atoms with E-state index in [1.54, 1.807) is 24.3 Å². The lowest BCUT2D eigenvalue weighted by Crippen LogP contribution is -2.62. The van der Waals surface area contributed by atoms with Crippen LogP contribution in [0.1, 0.15) is 22.2 Å². The number of urea groups is 1. The van der Waals surface area contributed by atoms with E-state index < -0.39 is 54.0 Å². The Morgan fingerprint density at radius 3 is 2.23 bits per heavy atom. The summed E-state index contributed by atoms with van der Waals surface area (Å²) in [6.45, 7) is 0.425. The molecule has 0 radical (unpaired) electrons. The number of rotatable bonds is 14. The van der Waals surface area contributed by atoms with Crippen molar-refractivity contribution in [1.82, 2.24) is 10.3 Å². The van der Waals surface area contributed by atoms with Gasteiger partial charge in [-0.2, -0.15) is 5.01 Å². The maximum atomic E-state index is 12.9. The standard InChI is InChI=1S/C26H28Cl3N5O10/c27-9-12-32(13-10-28)18-5-3-17(4-6-18)23-43-21-20(15-41-22(35)16-1-7-19(8-2-16)34(39)40)42-24(36)26(21,44-23)30-25(37)33(31-38)14-11-29/h1-8,20-21,23-24,36H,9-15H2,(H,30,37)/t20-,21-,23?,24?,26-/m1/s1. The predicted octanol–water partition coefficient (Wildman–Crippen LogP) is 3.50. The molecule has 2 aromatic carbocycles. The number of benzene rings is 2. The molecule has 0 aliphatic carbocycles. The average molecular weight is 677 g/mol. The van der Waals surface area contributed by atoms with Gasteiger partial charge in [0.15, 0.2) is 6.29 Å². The van der Waals surface area contributed by atoms with Crippen molar-refractivity contribution in [1.29, 1.82) is 0 Å². The van der Waals surface area contributed by atoms with Crippen LogP contribution in [0, 0.1) is 15.0 Å². The predicted molar refractivity (Wildman–Crippen MR) is 158 cm³/mol. The number of non-ortho nitro benzene ring substituents is 1.